The molecule has 0 fully saturated rings. The van der Waals surface area contributed by atoms with Crippen molar-refractivity contribution in [2.45, 2.75) is 25.9 Å². The van der Waals surface area contributed by atoms with E-state index in [0.29, 0.717) is 28.8 Å². The molecule has 0 spiro atoms. The van der Waals surface area contributed by atoms with Crippen LogP contribution in [-0.2, 0) is 19.5 Å². The zero-order valence-corrected chi connectivity index (χ0v) is 15.2. The van der Waals surface area contributed by atoms with Crippen LogP contribution in [0.1, 0.15) is 18.1 Å². The Morgan fingerprint density at radius 1 is 1.19 bits per heavy atom. The summed E-state index contributed by atoms with van der Waals surface area (Å²) in [7, 11) is 0. The summed E-state index contributed by atoms with van der Waals surface area (Å²) in [6.07, 6.45) is 1.99. The number of hydrogen-bond acceptors (Lipinski definition) is 4. The Labute approximate surface area is 161 Å². The Balaban J connectivity index is 1.43. The molecule has 1 aromatic heterocycles. The number of nitrogens with one attached hydrogen (secondary N) is 2. The van der Waals surface area contributed by atoms with Gasteiger partial charge in [0.1, 0.15) is 11.6 Å². The monoisotopic (exact) mass is 383 g/mol. The number of anilines is 1. The predicted molar refractivity (Wildman–Crippen MR) is 102 cm³/mol. The molecule has 0 aliphatic carbocycles. The standard InChI is InChI=1S/C19H18ClN5O2/c20-13-8-9-16(27-14-5-2-1-3-6-14)15(11-13)22-19(26)21-12-18-24-23-17-7-4-10-25(17)18/h1-3,5-6,8-9,11H,4,7,10,12H2,(H2,21,22,26). The highest BCUT2D eigenvalue weighted by Crippen LogP contribution is 2.31. The molecular formula is C19H18ClN5O2. The van der Waals surface area contributed by atoms with E-state index in [1.807, 2.05) is 34.9 Å². The minimum absolute atomic E-state index is 0.300. The van der Waals surface area contributed by atoms with Gasteiger partial charge in [0.25, 0.3) is 0 Å². The van der Waals surface area contributed by atoms with Crippen LogP contribution in [0.2, 0.25) is 5.02 Å². The minimum atomic E-state index is -0.370. The number of ether oxygens (including phenoxy) is 1. The number of rotatable bonds is 5. The summed E-state index contributed by atoms with van der Waals surface area (Å²) >= 11 is 6.08. The lowest BCUT2D eigenvalue weighted by Crippen LogP contribution is -2.29. The third-order valence-corrected chi connectivity index (χ3v) is 4.49. The fourth-order valence-electron chi connectivity index (χ4n) is 2.97. The van der Waals surface area contributed by atoms with Crippen molar-refractivity contribution in [3.05, 3.63) is 65.2 Å². The molecular weight excluding hydrogens is 366 g/mol. The number of fused-ring (bicyclic) bond motifs is 1. The van der Waals surface area contributed by atoms with Crippen molar-refractivity contribution in [1.29, 1.82) is 0 Å². The first-order valence-electron chi connectivity index (χ1n) is 8.67. The fourth-order valence-corrected chi connectivity index (χ4v) is 3.14. The number of amides is 2. The van der Waals surface area contributed by atoms with Crippen LogP contribution in [0.25, 0.3) is 0 Å². The number of carbonyl (C=O) groups is 1. The summed E-state index contributed by atoms with van der Waals surface area (Å²) in [6, 6.07) is 14.0. The van der Waals surface area contributed by atoms with Gasteiger partial charge in [0.05, 0.1) is 12.2 Å². The Bertz CT molecular complexity index is 958. The van der Waals surface area contributed by atoms with Crippen molar-refractivity contribution in [2.75, 3.05) is 5.32 Å². The van der Waals surface area contributed by atoms with Gasteiger partial charge >= 0.3 is 6.03 Å². The first kappa shape index (κ1) is 17.4. The van der Waals surface area contributed by atoms with Crippen LogP contribution in [0.5, 0.6) is 11.5 Å². The Hall–Kier alpha value is -3.06. The average Bonchev–Trinajstić information content (AvgIpc) is 3.27. The van der Waals surface area contributed by atoms with Gasteiger partial charge < -0.3 is 19.9 Å². The maximum Gasteiger partial charge on any atom is 0.319 e. The first-order chi connectivity index (χ1) is 13.2. The summed E-state index contributed by atoms with van der Waals surface area (Å²) < 4.78 is 7.89. The van der Waals surface area contributed by atoms with Gasteiger partial charge in [-0.25, -0.2) is 4.79 Å². The molecule has 8 heteroatoms. The second kappa shape index (κ2) is 7.67. The quantitative estimate of drug-likeness (QED) is 0.698. The molecule has 2 heterocycles. The highest BCUT2D eigenvalue weighted by atomic mass is 35.5. The van der Waals surface area contributed by atoms with E-state index in [0.717, 1.165) is 31.0 Å². The maximum atomic E-state index is 12.3. The van der Waals surface area contributed by atoms with E-state index in [4.69, 9.17) is 16.3 Å². The molecule has 27 heavy (non-hydrogen) atoms. The fraction of sp³-hybridized carbons (Fsp3) is 0.211. The number of para-hydroxylation sites is 1. The molecule has 0 unspecified atom stereocenters. The molecule has 0 saturated heterocycles. The summed E-state index contributed by atoms with van der Waals surface area (Å²) in [5.74, 6) is 2.90. The van der Waals surface area contributed by atoms with E-state index in [9.17, 15) is 4.79 Å². The zero-order chi connectivity index (χ0) is 18.6. The summed E-state index contributed by atoms with van der Waals surface area (Å²) in [5.41, 5.74) is 0.482. The van der Waals surface area contributed by atoms with Crippen LogP contribution in [0, 0.1) is 0 Å². The zero-order valence-electron chi connectivity index (χ0n) is 14.5. The van der Waals surface area contributed by atoms with Gasteiger partial charge in [0, 0.05) is 18.0 Å². The minimum Gasteiger partial charge on any atom is -0.455 e. The number of hydrogen-bond donors (Lipinski definition) is 2. The van der Waals surface area contributed by atoms with E-state index in [1.54, 1.807) is 18.2 Å². The lowest BCUT2D eigenvalue weighted by atomic mass is 10.3. The van der Waals surface area contributed by atoms with Crippen molar-refractivity contribution in [3.8, 4) is 11.5 Å². The number of urea groups is 1. The van der Waals surface area contributed by atoms with Crippen molar-refractivity contribution in [1.82, 2.24) is 20.1 Å². The van der Waals surface area contributed by atoms with Crippen LogP contribution >= 0.6 is 11.6 Å². The highest BCUT2D eigenvalue weighted by Gasteiger charge is 2.17. The van der Waals surface area contributed by atoms with Gasteiger partial charge in [0.2, 0.25) is 0 Å². The first-order valence-corrected chi connectivity index (χ1v) is 9.05. The smallest absolute Gasteiger partial charge is 0.319 e. The molecule has 4 rings (SSSR count). The SMILES string of the molecule is O=C(NCc1nnc2n1CCC2)Nc1cc(Cl)ccc1Oc1ccccc1. The molecule has 1 aliphatic heterocycles. The van der Waals surface area contributed by atoms with Crippen LogP contribution in [0.4, 0.5) is 10.5 Å². The molecule has 138 valence electrons. The summed E-state index contributed by atoms with van der Waals surface area (Å²) in [4.78, 5) is 12.3. The molecule has 1 aliphatic rings. The number of aryl methyl sites for hydroxylation is 1. The predicted octanol–water partition coefficient (Wildman–Crippen LogP) is 3.99. The van der Waals surface area contributed by atoms with Gasteiger partial charge in [-0.2, -0.15) is 0 Å². The van der Waals surface area contributed by atoms with Crippen molar-refractivity contribution in [3.63, 3.8) is 0 Å². The van der Waals surface area contributed by atoms with Crippen LogP contribution in [-0.4, -0.2) is 20.8 Å². The molecule has 2 amide bonds. The molecule has 2 aromatic carbocycles. The van der Waals surface area contributed by atoms with Gasteiger partial charge in [-0.1, -0.05) is 29.8 Å². The van der Waals surface area contributed by atoms with Gasteiger partial charge in [-0.3, -0.25) is 0 Å². The van der Waals surface area contributed by atoms with Crippen molar-refractivity contribution < 1.29 is 9.53 Å². The van der Waals surface area contributed by atoms with Gasteiger partial charge in [-0.05, 0) is 36.8 Å². The van der Waals surface area contributed by atoms with E-state index < -0.39 is 0 Å². The Kier molecular flexibility index (Phi) is 4.93. The third-order valence-electron chi connectivity index (χ3n) is 4.25. The van der Waals surface area contributed by atoms with Crippen LogP contribution in [0.3, 0.4) is 0 Å². The second-order valence-electron chi connectivity index (χ2n) is 6.15. The number of carbonyl (C=O) groups excluding carboxylic acids is 1. The van der Waals surface area contributed by atoms with Crippen molar-refractivity contribution in [2.24, 2.45) is 0 Å². The second-order valence-corrected chi connectivity index (χ2v) is 6.59. The Morgan fingerprint density at radius 2 is 2.04 bits per heavy atom. The topological polar surface area (TPSA) is 81.1 Å². The summed E-state index contributed by atoms with van der Waals surface area (Å²) in [5, 5.41) is 14.4. The van der Waals surface area contributed by atoms with Gasteiger partial charge in [-0.15, -0.1) is 10.2 Å². The molecule has 7 nitrogen and oxygen atoms in total. The molecule has 0 radical (unpaired) electrons. The van der Waals surface area contributed by atoms with Crippen molar-refractivity contribution >= 4 is 23.3 Å². The average molecular weight is 384 g/mol. The number of aromatic nitrogens is 3. The van der Waals surface area contributed by atoms with Crippen LogP contribution in [0.15, 0.2) is 48.5 Å². The Morgan fingerprint density at radius 3 is 2.89 bits per heavy atom. The molecule has 0 saturated carbocycles. The molecule has 0 atom stereocenters. The maximum absolute atomic E-state index is 12.3. The van der Waals surface area contributed by atoms with Gasteiger partial charge in [0.15, 0.2) is 11.6 Å². The molecule has 2 N–H and O–H groups in total. The molecule has 3 aromatic rings. The van der Waals surface area contributed by atoms with E-state index in [-0.39, 0.29) is 6.03 Å². The largest absolute Gasteiger partial charge is 0.455 e. The normalized spacial score (nSPS) is 12.5. The lowest BCUT2D eigenvalue weighted by molar-refractivity contribution is 0.251. The lowest BCUT2D eigenvalue weighted by Gasteiger charge is -2.13. The van der Waals surface area contributed by atoms with E-state index in [1.165, 1.54) is 0 Å². The number of nitrogens with zero attached hydrogens (tertiary/aromatic N) is 3. The molecule has 0 bridgehead atoms. The van der Waals surface area contributed by atoms with Crippen LogP contribution < -0.4 is 15.4 Å². The number of halogens is 1. The third kappa shape index (κ3) is 4.03. The van der Waals surface area contributed by atoms with E-state index >= 15 is 0 Å². The van der Waals surface area contributed by atoms with E-state index in [2.05, 4.69) is 20.8 Å². The summed E-state index contributed by atoms with van der Waals surface area (Å²) in [6.45, 7) is 1.19. The number of benzene rings is 2. The highest BCUT2D eigenvalue weighted by molar-refractivity contribution is 6.31.